The van der Waals surface area contributed by atoms with Gasteiger partial charge in [0.25, 0.3) is 0 Å². The minimum atomic E-state index is -2.01. The highest BCUT2D eigenvalue weighted by Crippen LogP contribution is 2.44. The first-order chi connectivity index (χ1) is 10.2. The maximum absolute atomic E-state index is 11.4. The van der Waals surface area contributed by atoms with Crippen molar-refractivity contribution in [2.45, 2.75) is 82.1 Å². The molecular weight excluding hydrogens is 318 g/mol. The van der Waals surface area contributed by atoms with Crippen LogP contribution in [-0.4, -0.2) is 31.9 Å². The first-order valence-electron chi connectivity index (χ1n) is 8.20. The van der Waals surface area contributed by atoms with E-state index in [1.54, 1.807) is 0 Å². The number of carbonyl (C=O) groups is 1. The molecule has 3 atom stereocenters. The van der Waals surface area contributed by atoms with Crippen molar-refractivity contribution in [2.75, 3.05) is 0 Å². The number of rotatable bonds is 5. The molecule has 1 amide bonds. The number of ether oxygens (including phenoxy) is 1. The summed E-state index contributed by atoms with van der Waals surface area (Å²) in [5.74, 6) is 0.672. The average Bonchev–Trinajstić information content (AvgIpc) is 2.73. The van der Waals surface area contributed by atoms with Crippen molar-refractivity contribution in [3.8, 4) is 0 Å². The molecule has 1 heterocycles. The number of hydrogen-bond acceptors (Lipinski definition) is 3. The molecule has 3 unspecified atom stereocenters. The van der Waals surface area contributed by atoms with E-state index in [1.165, 1.54) is 0 Å². The minimum absolute atomic E-state index is 0.0944. The fourth-order valence-corrected chi connectivity index (χ4v) is 10.0. The molecule has 0 saturated carbocycles. The first-order valence-corrected chi connectivity index (χ1v) is 10.8. The number of fused-ring (bicyclic) bond motifs is 1. The number of halogens is 1. The van der Waals surface area contributed by atoms with E-state index in [-0.39, 0.29) is 23.6 Å². The van der Waals surface area contributed by atoms with Gasteiger partial charge in [-0.15, -0.1) is 11.6 Å². The number of alkyl halides is 1. The molecular formula is C16H28ClNO3Si. The molecule has 22 heavy (non-hydrogen) atoms. The van der Waals surface area contributed by atoms with Gasteiger partial charge in [-0.1, -0.05) is 41.5 Å². The second-order valence-electron chi connectivity index (χ2n) is 7.31. The molecule has 126 valence electrons. The van der Waals surface area contributed by atoms with Crippen LogP contribution in [0.15, 0.2) is 11.8 Å². The molecule has 1 saturated heterocycles. The summed E-state index contributed by atoms with van der Waals surface area (Å²) < 4.78 is 12.0. The standard InChI is InChI=1S/C16H28ClNO3Si/c1-9(2)22(10(3)4,11(5)6)21-14-8-15-13(7-12(14)17)18-16(19)20-15/h8-14H,7H2,1-6H3,(H,18,19). The lowest BCUT2D eigenvalue weighted by Gasteiger charge is -2.45. The summed E-state index contributed by atoms with van der Waals surface area (Å²) in [6.07, 6.45) is 2.00. The summed E-state index contributed by atoms with van der Waals surface area (Å²) in [6, 6.07) is -0.0944. The molecule has 1 aliphatic carbocycles. The fourth-order valence-electron chi connectivity index (χ4n) is 4.12. The van der Waals surface area contributed by atoms with Gasteiger partial charge in [0.2, 0.25) is 8.32 Å². The van der Waals surface area contributed by atoms with Crippen LogP contribution in [0.1, 0.15) is 48.0 Å². The third-order valence-electron chi connectivity index (χ3n) is 5.04. The van der Waals surface area contributed by atoms with Crippen molar-refractivity contribution in [3.63, 3.8) is 0 Å². The SMILES string of the molecule is CC(C)[Si](OC1C=C2OC(=O)NC2CC1Cl)(C(C)C)C(C)C. The Balaban J connectivity index is 2.28. The Hall–Kier alpha value is -0.523. The Bertz CT molecular complexity index is 443. The van der Waals surface area contributed by atoms with Gasteiger partial charge in [0.05, 0.1) is 17.5 Å². The van der Waals surface area contributed by atoms with Crippen LogP contribution in [0.5, 0.6) is 0 Å². The highest BCUT2D eigenvalue weighted by molar-refractivity contribution is 6.77. The van der Waals surface area contributed by atoms with Crippen LogP contribution in [0.25, 0.3) is 0 Å². The van der Waals surface area contributed by atoms with Gasteiger partial charge in [-0.25, -0.2) is 4.79 Å². The molecule has 2 aliphatic rings. The zero-order valence-electron chi connectivity index (χ0n) is 14.4. The quantitative estimate of drug-likeness (QED) is 0.587. The van der Waals surface area contributed by atoms with Crippen molar-refractivity contribution >= 4 is 26.0 Å². The zero-order valence-corrected chi connectivity index (χ0v) is 16.1. The third-order valence-corrected chi connectivity index (χ3v) is 11.6. The van der Waals surface area contributed by atoms with Gasteiger partial charge in [-0.2, -0.15) is 0 Å². The van der Waals surface area contributed by atoms with Crippen molar-refractivity contribution in [1.29, 1.82) is 0 Å². The normalized spacial score (nSPS) is 28.7. The lowest BCUT2D eigenvalue weighted by atomic mass is 9.99. The number of alkyl carbamates (subject to hydrolysis) is 1. The number of hydrogen-bond donors (Lipinski definition) is 1. The van der Waals surface area contributed by atoms with Gasteiger partial charge in [0.1, 0.15) is 5.76 Å². The number of nitrogens with one attached hydrogen (secondary N) is 1. The Morgan fingerprint density at radius 2 is 1.77 bits per heavy atom. The molecule has 6 heteroatoms. The van der Waals surface area contributed by atoms with E-state index in [9.17, 15) is 4.79 Å². The Morgan fingerprint density at radius 1 is 1.23 bits per heavy atom. The first kappa shape index (κ1) is 17.8. The predicted octanol–water partition coefficient (Wildman–Crippen LogP) is 4.55. The van der Waals surface area contributed by atoms with Crippen LogP contribution < -0.4 is 5.32 Å². The van der Waals surface area contributed by atoms with E-state index in [0.717, 1.165) is 0 Å². The molecule has 0 bridgehead atoms. The summed E-state index contributed by atoms with van der Waals surface area (Å²) in [6.45, 7) is 13.5. The molecule has 0 spiro atoms. The van der Waals surface area contributed by atoms with E-state index in [0.29, 0.717) is 28.8 Å². The van der Waals surface area contributed by atoms with Crippen molar-refractivity contribution in [2.24, 2.45) is 0 Å². The molecule has 0 radical (unpaired) electrons. The Kier molecular flexibility index (Phi) is 5.29. The van der Waals surface area contributed by atoms with Crippen LogP contribution in [0.4, 0.5) is 4.79 Å². The molecule has 4 nitrogen and oxygen atoms in total. The van der Waals surface area contributed by atoms with E-state index in [2.05, 4.69) is 46.9 Å². The third kappa shape index (κ3) is 3.08. The van der Waals surface area contributed by atoms with Crippen LogP contribution in [-0.2, 0) is 9.16 Å². The Morgan fingerprint density at radius 3 is 2.27 bits per heavy atom. The van der Waals surface area contributed by atoms with Crippen molar-refractivity contribution in [3.05, 3.63) is 11.8 Å². The van der Waals surface area contributed by atoms with Gasteiger partial charge in [0.15, 0.2) is 0 Å². The topological polar surface area (TPSA) is 47.6 Å². The van der Waals surface area contributed by atoms with E-state index < -0.39 is 8.32 Å². The average molecular weight is 346 g/mol. The Labute approximate surface area is 139 Å². The van der Waals surface area contributed by atoms with Gasteiger partial charge in [-0.3, -0.25) is 0 Å². The second-order valence-corrected chi connectivity index (χ2v) is 13.3. The predicted molar refractivity (Wildman–Crippen MR) is 91.7 cm³/mol. The number of carbonyl (C=O) groups excluding carboxylic acids is 1. The van der Waals surface area contributed by atoms with Crippen LogP contribution in [0.3, 0.4) is 0 Å². The van der Waals surface area contributed by atoms with Crippen LogP contribution >= 0.6 is 11.6 Å². The lowest BCUT2D eigenvalue weighted by molar-refractivity contribution is 0.180. The molecule has 0 aromatic carbocycles. The molecule has 1 fully saturated rings. The van der Waals surface area contributed by atoms with Gasteiger partial charge >= 0.3 is 6.09 Å². The van der Waals surface area contributed by atoms with E-state index in [4.69, 9.17) is 20.8 Å². The van der Waals surface area contributed by atoms with Crippen LogP contribution in [0, 0.1) is 0 Å². The van der Waals surface area contributed by atoms with E-state index in [1.807, 2.05) is 6.08 Å². The van der Waals surface area contributed by atoms with E-state index >= 15 is 0 Å². The molecule has 1 N–H and O–H groups in total. The monoisotopic (exact) mass is 345 g/mol. The molecule has 2 rings (SSSR count). The van der Waals surface area contributed by atoms with Gasteiger partial charge in [0, 0.05) is 0 Å². The molecule has 0 aromatic rings. The second kappa shape index (κ2) is 6.54. The maximum atomic E-state index is 11.4. The largest absolute Gasteiger partial charge is 0.413 e. The van der Waals surface area contributed by atoms with Crippen molar-refractivity contribution < 1.29 is 14.0 Å². The van der Waals surface area contributed by atoms with Crippen LogP contribution in [0.2, 0.25) is 16.6 Å². The molecule has 1 aliphatic heterocycles. The smallest absolute Gasteiger partial charge is 0.412 e. The summed E-state index contributed by atoms with van der Waals surface area (Å²) in [5.41, 5.74) is 1.49. The van der Waals surface area contributed by atoms with Gasteiger partial charge < -0.3 is 14.5 Å². The molecule has 0 aromatic heterocycles. The fraction of sp³-hybridized carbons (Fsp3) is 0.812. The summed E-state index contributed by atoms with van der Waals surface area (Å²) in [7, 11) is -2.01. The summed E-state index contributed by atoms with van der Waals surface area (Å²) in [4.78, 5) is 11.4. The highest BCUT2D eigenvalue weighted by atomic mass is 35.5. The maximum Gasteiger partial charge on any atom is 0.412 e. The number of amides is 1. The minimum Gasteiger partial charge on any atom is -0.413 e. The van der Waals surface area contributed by atoms with Crippen molar-refractivity contribution in [1.82, 2.24) is 5.32 Å². The zero-order chi connectivity index (χ0) is 16.7. The van der Waals surface area contributed by atoms with Gasteiger partial charge in [-0.05, 0) is 29.1 Å². The highest BCUT2D eigenvalue weighted by Gasteiger charge is 2.49. The summed E-state index contributed by atoms with van der Waals surface area (Å²) >= 11 is 6.56. The summed E-state index contributed by atoms with van der Waals surface area (Å²) in [5, 5.41) is 2.64. The lowest BCUT2D eigenvalue weighted by Crippen LogP contribution is -2.52.